The lowest BCUT2D eigenvalue weighted by Gasteiger charge is -2.15. The second-order valence-electron chi connectivity index (χ2n) is 7.60. The van der Waals surface area contributed by atoms with E-state index in [1.807, 2.05) is 0 Å². The maximum Gasteiger partial charge on any atom is 0.421 e. The van der Waals surface area contributed by atoms with Gasteiger partial charge in [0.1, 0.15) is 28.8 Å². The molecule has 0 saturated carbocycles. The fraction of sp³-hybridized carbons (Fsp3) is 0.0833. The van der Waals surface area contributed by atoms with Gasteiger partial charge < -0.3 is 14.4 Å². The molecule has 0 radical (unpaired) electrons. The first kappa shape index (κ1) is 25.4. The summed E-state index contributed by atoms with van der Waals surface area (Å²) in [6.07, 6.45) is -1.37. The van der Waals surface area contributed by atoms with Gasteiger partial charge in [0.05, 0.1) is 23.8 Å². The molecule has 2 aromatic carbocycles. The first-order valence-corrected chi connectivity index (χ1v) is 10.2. The van der Waals surface area contributed by atoms with Crippen LogP contribution in [0.4, 0.5) is 26.3 Å². The number of carbonyl (C=O) groups is 1. The van der Waals surface area contributed by atoms with E-state index in [1.54, 1.807) is 0 Å². The second kappa shape index (κ2) is 9.76. The summed E-state index contributed by atoms with van der Waals surface area (Å²) >= 11 is 0. The number of nitrogens with zero attached hydrogens (tertiary/aromatic N) is 3. The van der Waals surface area contributed by atoms with Gasteiger partial charge in [-0.2, -0.15) is 18.2 Å². The lowest BCUT2D eigenvalue weighted by Crippen LogP contribution is -2.14. The molecule has 0 unspecified atom stereocenters. The summed E-state index contributed by atoms with van der Waals surface area (Å²) in [5, 5.41) is 8.52. The second-order valence-corrected chi connectivity index (χ2v) is 7.60. The Morgan fingerprint density at radius 2 is 1.76 bits per heavy atom. The molecule has 0 spiro atoms. The van der Waals surface area contributed by atoms with Gasteiger partial charge in [0.15, 0.2) is 0 Å². The summed E-state index contributed by atoms with van der Waals surface area (Å²) in [7, 11) is 0. The number of benzene rings is 2. The molecule has 0 fully saturated rings. The standard InChI is InChI=1S/C24H13F6N3O4/c25-13-6-18(26)16(19(27)7-13)10-33-11-32-22(36)15-8-14(2-3-20(15)33)37-23-17(24(28,29)30)5-12(9-31-23)1-4-21(34)35/h1-9,11H,10H2,(H,34,35)/b4-1+. The largest absolute Gasteiger partial charge is 0.478 e. The fourth-order valence-electron chi connectivity index (χ4n) is 3.40. The molecule has 0 bridgehead atoms. The first-order chi connectivity index (χ1) is 17.4. The van der Waals surface area contributed by atoms with Crippen molar-refractivity contribution in [3.8, 4) is 11.6 Å². The zero-order valence-electron chi connectivity index (χ0n) is 18.3. The SMILES string of the molecule is O=C(O)/C=C/c1cnc(Oc2ccc3c(c2)c(=O)ncn3Cc2c(F)cc(F)cc2F)c(C(F)(F)F)c1. The number of carboxylic acids is 1. The average Bonchev–Trinajstić information content (AvgIpc) is 2.81. The van der Waals surface area contributed by atoms with Gasteiger partial charge in [-0.05, 0) is 35.9 Å². The van der Waals surface area contributed by atoms with Crippen molar-refractivity contribution < 1.29 is 41.0 Å². The third-order valence-electron chi connectivity index (χ3n) is 5.07. The lowest BCUT2D eigenvalue weighted by atomic mass is 10.1. The number of aromatic nitrogens is 3. The van der Waals surface area contributed by atoms with Gasteiger partial charge in [0.2, 0.25) is 5.88 Å². The van der Waals surface area contributed by atoms with Crippen LogP contribution in [0.25, 0.3) is 17.0 Å². The van der Waals surface area contributed by atoms with E-state index in [1.165, 1.54) is 16.7 Å². The molecule has 0 aliphatic heterocycles. The topological polar surface area (TPSA) is 94.3 Å². The van der Waals surface area contributed by atoms with Crippen LogP contribution >= 0.6 is 0 Å². The fourth-order valence-corrected chi connectivity index (χ4v) is 3.40. The van der Waals surface area contributed by atoms with Gasteiger partial charge >= 0.3 is 12.1 Å². The maximum atomic E-state index is 14.1. The minimum Gasteiger partial charge on any atom is -0.478 e. The van der Waals surface area contributed by atoms with Crippen molar-refractivity contribution in [1.82, 2.24) is 14.5 Å². The number of carboxylic acid groups (broad SMARTS) is 1. The number of pyridine rings is 1. The number of ether oxygens (including phenoxy) is 1. The van der Waals surface area contributed by atoms with Crippen LogP contribution < -0.4 is 10.3 Å². The normalized spacial score (nSPS) is 11.8. The van der Waals surface area contributed by atoms with Crippen LogP contribution in [0, 0.1) is 17.5 Å². The molecule has 0 amide bonds. The van der Waals surface area contributed by atoms with Crippen LogP contribution in [0.15, 0.2) is 59.8 Å². The van der Waals surface area contributed by atoms with Crippen molar-refractivity contribution in [2.75, 3.05) is 0 Å². The Labute approximate surface area is 202 Å². The van der Waals surface area contributed by atoms with Crippen molar-refractivity contribution >= 4 is 22.9 Å². The quantitative estimate of drug-likeness (QED) is 0.278. The Hall–Kier alpha value is -4.68. The number of hydrogen-bond acceptors (Lipinski definition) is 5. The molecule has 0 aliphatic rings. The highest BCUT2D eigenvalue weighted by Gasteiger charge is 2.36. The number of fused-ring (bicyclic) bond motifs is 1. The van der Waals surface area contributed by atoms with E-state index in [2.05, 4.69) is 9.97 Å². The van der Waals surface area contributed by atoms with Gasteiger partial charge in [-0.1, -0.05) is 0 Å². The van der Waals surface area contributed by atoms with E-state index in [-0.39, 0.29) is 22.2 Å². The molecule has 2 aromatic heterocycles. The molecule has 0 aliphatic carbocycles. The van der Waals surface area contributed by atoms with Crippen molar-refractivity contribution in [3.63, 3.8) is 0 Å². The van der Waals surface area contributed by atoms with Crippen LogP contribution in [0.3, 0.4) is 0 Å². The lowest BCUT2D eigenvalue weighted by molar-refractivity contribution is -0.139. The number of halogens is 6. The molecule has 4 rings (SSSR count). The van der Waals surface area contributed by atoms with Gasteiger partial charge in [0, 0.05) is 30.0 Å². The minimum absolute atomic E-state index is 0.119. The van der Waals surface area contributed by atoms with E-state index in [9.17, 15) is 35.9 Å². The first-order valence-electron chi connectivity index (χ1n) is 10.2. The highest BCUT2D eigenvalue weighted by Crippen LogP contribution is 2.38. The predicted octanol–water partition coefficient (Wildman–Crippen LogP) is 5.17. The van der Waals surface area contributed by atoms with E-state index >= 15 is 0 Å². The molecule has 13 heteroatoms. The summed E-state index contributed by atoms with van der Waals surface area (Å²) in [5.74, 6) is -5.88. The molecular weight excluding hydrogens is 508 g/mol. The van der Waals surface area contributed by atoms with E-state index < -0.39 is 58.7 Å². The Morgan fingerprint density at radius 1 is 1.05 bits per heavy atom. The average molecular weight is 521 g/mol. The minimum atomic E-state index is -4.91. The Kier molecular flexibility index (Phi) is 6.70. The molecule has 2 heterocycles. The van der Waals surface area contributed by atoms with Crippen molar-refractivity contribution in [2.24, 2.45) is 0 Å². The molecule has 7 nitrogen and oxygen atoms in total. The summed E-state index contributed by atoms with van der Waals surface area (Å²) in [5.41, 5.74) is -2.62. The number of rotatable bonds is 6. The molecular formula is C24H13F6N3O4. The molecule has 1 N–H and O–H groups in total. The smallest absolute Gasteiger partial charge is 0.421 e. The zero-order valence-corrected chi connectivity index (χ0v) is 18.3. The van der Waals surface area contributed by atoms with Crippen molar-refractivity contribution in [3.05, 3.63) is 99.5 Å². The van der Waals surface area contributed by atoms with Crippen LogP contribution in [0.5, 0.6) is 11.6 Å². The van der Waals surface area contributed by atoms with E-state index in [0.29, 0.717) is 24.3 Å². The van der Waals surface area contributed by atoms with E-state index in [4.69, 9.17) is 9.84 Å². The predicted molar refractivity (Wildman–Crippen MR) is 117 cm³/mol. The van der Waals surface area contributed by atoms with Crippen LogP contribution in [-0.4, -0.2) is 25.6 Å². The monoisotopic (exact) mass is 521 g/mol. The Morgan fingerprint density at radius 3 is 2.41 bits per heavy atom. The van der Waals surface area contributed by atoms with Crippen LogP contribution in [0.1, 0.15) is 16.7 Å². The van der Waals surface area contributed by atoms with Gasteiger partial charge in [-0.3, -0.25) is 4.79 Å². The van der Waals surface area contributed by atoms with Crippen LogP contribution in [-0.2, 0) is 17.5 Å². The zero-order chi connectivity index (χ0) is 26.9. The molecule has 0 saturated heterocycles. The Bertz CT molecular complexity index is 1590. The van der Waals surface area contributed by atoms with Crippen molar-refractivity contribution in [2.45, 2.75) is 12.7 Å². The maximum absolute atomic E-state index is 14.1. The highest BCUT2D eigenvalue weighted by atomic mass is 19.4. The highest BCUT2D eigenvalue weighted by molar-refractivity contribution is 5.85. The number of hydrogen-bond donors (Lipinski definition) is 1. The number of alkyl halides is 3. The summed E-state index contributed by atoms with van der Waals surface area (Å²) in [4.78, 5) is 30.2. The number of aliphatic carboxylic acids is 1. The van der Waals surface area contributed by atoms with Crippen LogP contribution in [0.2, 0.25) is 0 Å². The Balaban J connectivity index is 1.72. The van der Waals surface area contributed by atoms with Gasteiger partial charge in [-0.25, -0.2) is 22.9 Å². The summed E-state index contributed by atoms with van der Waals surface area (Å²) in [6.45, 7) is -0.465. The van der Waals surface area contributed by atoms with Gasteiger partial charge in [0.25, 0.3) is 5.56 Å². The third-order valence-corrected chi connectivity index (χ3v) is 5.07. The molecule has 37 heavy (non-hydrogen) atoms. The molecule has 4 aromatic rings. The molecule has 0 atom stereocenters. The summed E-state index contributed by atoms with van der Waals surface area (Å²) < 4.78 is 88.7. The van der Waals surface area contributed by atoms with Gasteiger partial charge in [-0.15, -0.1) is 0 Å². The summed E-state index contributed by atoms with van der Waals surface area (Å²) in [6, 6.07) is 5.19. The van der Waals surface area contributed by atoms with Crippen molar-refractivity contribution in [1.29, 1.82) is 0 Å². The third kappa shape index (κ3) is 5.60. The van der Waals surface area contributed by atoms with E-state index in [0.717, 1.165) is 24.7 Å². The molecule has 190 valence electrons.